The van der Waals surface area contributed by atoms with Crippen molar-refractivity contribution in [3.8, 4) is 66.8 Å². The van der Waals surface area contributed by atoms with Crippen LogP contribution < -0.4 is 4.90 Å². The number of fused-ring (bicyclic) bond motifs is 4. The Labute approximate surface area is 364 Å². The van der Waals surface area contributed by atoms with Crippen molar-refractivity contribution in [1.82, 2.24) is 0 Å². The first-order chi connectivity index (χ1) is 30.5. The smallest absolute Gasteiger partial charge is 0.0467 e. The van der Waals surface area contributed by atoms with Crippen molar-refractivity contribution in [3.05, 3.63) is 248 Å². The average Bonchev–Trinajstić information content (AvgIpc) is 3.57. The monoisotopic (exact) mass is 791 g/mol. The maximum absolute atomic E-state index is 2.41. The molecule has 294 valence electrons. The van der Waals surface area contributed by atoms with Crippen molar-refractivity contribution in [2.24, 2.45) is 0 Å². The largest absolute Gasteiger partial charge is 0.310 e. The molecule has 10 aromatic carbocycles. The summed E-state index contributed by atoms with van der Waals surface area (Å²) in [5, 5.41) is 2.51. The Morgan fingerprint density at radius 3 is 1.52 bits per heavy atom. The highest BCUT2D eigenvalue weighted by Gasteiger charge is 2.35. The van der Waals surface area contributed by atoms with Gasteiger partial charge in [0.15, 0.2) is 0 Å². The zero-order chi connectivity index (χ0) is 41.6. The van der Waals surface area contributed by atoms with E-state index in [1.807, 2.05) is 0 Å². The summed E-state index contributed by atoms with van der Waals surface area (Å²) >= 11 is 0. The summed E-state index contributed by atoms with van der Waals surface area (Å²) in [4.78, 5) is 2.39. The third kappa shape index (κ3) is 6.60. The van der Waals surface area contributed by atoms with E-state index in [-0.39, 0.29) is 5.41 Å². The van der Waals surface area contributed by atoms with E-state index in [0.717, 1.165) is 17.1 Å². The molecule has 0 unspecified atom stereocenters. The van der Waals surface area contributed by atoms with Gasteiger partial charge in [0.1, 0.15) is 0 Å². The zero-order valence-electron chi connectivity index (χ0n) is 35.0. The second-order valence-electron chi connectivity index (χ2n) is 16.9. The predicted octanol–water partition coefficient (Wildman–Crippen LogP) is 17.0. The predicted molar refractivity (Wildman–Crippen MR) is 263 cm³/mol. The first-order valence-electron chi connectivity index (χ1n) is 21.6. The van der Waals surface area contributed by atoms with Crippen LogP contribution in [0, 0.1) is 0 Å². The molecule has 0 bridgehead atoms. The number of benzene rings is 10. The molecule has 10 aromatic rings. The van der Waals surface area contributed by atoms with Crippen molar-refractivity contribution in [3.63, 3.8) is 0 Å². The van der Waals surface area contributed by atoms with Gasteiger partial charge in [0.05, 0.1) is 0 Å². The van der Waals surface area contributed by atoms with Crippen molar-refractivity contribution in [2.75, 3.05) is 4.90 Å². The van der Waals surface area contributed by atoms with Crippen molar-refractivity contribution in [2.45, 2.75) is 19.3 Å². The Kier molecular flexibility index (Phi) is 9.24. The molecule has 0 saturated heterocycles. The van der Waals surface area contributed by atoms with Gasteiger partial charge in [-0.3, -0.25) is 0 Å². The maximum Gasteiger partial charge on any atom is 0.0467 e. The van der Waals surface area contributed by atoms with Gasteiger partial charge in [-0.25, -0.2) is 0 Å². The van der Waals surface area contributed by atoms with Gasteiger partial charge in [-0.05, 0) is 137 Å². The van der Waals surface area contributed by atoms with Gasteiger partial charge in [0.2, 0.25) is 0 Å². The van der Waals surface area contributed by atoms with Crippen LogP contribution in [-0.4, -0.2) is 0 Å². The lowest BCUT2D eigenvalue weighted by Crippen LogP contribution is -2.14. The lowest BCUT2D eigenvalue weighted by molar-refractivity contribution is 0.660. The van der Waals surface area contributed by atoms with E-state index in [2.05, 4.69) is 255 Å². The third-order valence-corrected chi connectivity index (χ3v) is 12.9. The Bertz CT molecular complexity index is 3240. The van der Waals surface area contributed by atoms with Gasteiger partial charge in [-0.15, -0.1) is 0 Å². The van der Waals surface area contributed by atoms with Gasteiger partial charge >= 0.3 is 0 Å². The molecular formula is C61H45N. The molecule has 0 amide bonds. The fourth-order valence-electron chi connectivity index (χ4n) is 9.70. The first kappa shape index (κ1) is 37.3. The van der Waals surface area contributed by atoms with Crippen LogP contribution in [0.1, 0.15) is 25.0 Å². The number of anilines is 3. The summed E-state index contributed by atoms with van der Waals surface area (Å²) in [7, 11) is 0. The fourth-order valence-corrected chi connectivity index (χ4v) is 9.70. The molecular weight excluding hydrogens is 747 g/mol. The minimum Gasteiger partial charge on any atom is -0.310 e. The molecule has 0 radical (unpaired) electrons. The summed E-state index contributed by atoms with van der Waals surface area (Å²) in [5.41, 5.74) is 20.8. The molecule has 0 heterocycles. The summed E-state index contributed by atoms with van der Waals surface area (Å²) in [6.45, 7) is 4.70. The second-order valence-corrected chi connectivity index (χ2v) is 16.9. The molecule has 1 aliphatic rings. The Morgan fingerprint density at radius 1 is 0.274 bits per heavy atom. The number of nitrogens with zero attached hydrogens (tertiary/aromatic N) is 1. The third-order valence-electron chi connectivity index (χ3n) is 12.9. The second kappa shape index (κ2) is 15.4. The van der Waals surface area contributed by atoms with Gasteiger partial charge in [0.25, 0.3) is 0 Å². The van der Waals surface area contributed by atoms with Crippen LogP contribution in [0.4, 0.5) is 17.1 Å². The molecule has 0 aliphatic heterocycles. The number of hydrogen-bond donors (Lipinski definition) is 0. The SMILES string of the molecule is CC1(C)c2ccccc2-c2ccc(-c3ccc(N(c4ccc(-c5ccccc5-c5ccccc5)cc4)c4cccc(-c5cccc(-c6cccc7ccccc67)c5)c4)cc3)cc21. The van der Waals surface area contributed by atoms with Crippen LogP contribution >= 0.6 is 0 Å². The molecule has 0 N–H and O–H groups in total. The van der Waals surface area contributed by atoms with E-state index < -0.39 is 0 Å². The molecule has 0 saturated carbocycles. The molecule has 0 spiro atoms. The summed E-state index contributed by atoms with van der Waals surface area (Å²) in [6, 6.07) is 86.5. The highest BCUT2D eigenvalue weighted by Crippen LogP contribution is 2.50. The minimum atomic E-state index is -0.0497. The summed E-state index contributed by atoms with van der Waals surface area (Å²) in [5.74, 6) is 0. The standard InChI is InChI=1S/C61H45N/c1-61(2)59-28-11-10-26-57(59)58-38-33-48(41-60(58)61)42-29-34-50(35-30-42)62(51-36-31-45(32-37-51)55-25-9-8-24-53(55)43-15-4-3-5-16-43)52-22-13-20-47(40-52)46-19-12-21-49(39-46)56-27-14-18-44-17-6-7-23-54(44)56/h3-41H,1-2H3. The number of rotatable bonds is 8. The van der Waals surface area contributed by atoms with Crippen molar-refractivity contribution in [1.29, 1.82) is 0 Å². The van der Waals surface area contributed by atoms with E-state index in [1.54, 1.807) is 0 Å². The maximum atomic E-state index is 2.41. The van der Waals surface area contributed by atoms with E-state index in [0.29, 0.717) is 0 Å². The summed E-state index contributed by atoms with van der Waals surface area (Å²) < 4.78 is 0. The molecule has 62 heavy (non-hydrogen) atoms. The average molecular weight is 792 g/mol. The van der Waals surface area contributed by atoms with Crippen LogP contribution in [0.3, 0.4) is 0 Å². The lowest BCUT2D eigenvalue weighted by Gasteiger charge is -2.27. The van der Waals surface area contributed by atoms with E-state index in [1.165, 1.54) is 88.7 Å². The lowest BCUT2D eigenvalue weighted by atomic mass is 9.81. The minimum absolute atomic E-state index is 0.0497. The highest BCUT2D eigenvalue weighted by atomic mass is 15.1. The number of hydrogen-bond acceptors (Lipinski definition) is 1. The van der Waals surface area contributed by atoms with E-state index in [9.17, 15) is 0 Å². The van der Waals surface area contributed by atoms with Crippen LogP contribution in [0.25, 0.3) is 77.5 Å². The highest BCUT2D eigenvalue weighted by molar-refractivity contribution is 5.97. The van der Waals surface area contributed by atoms with Gasteiger partial charge in [-0.2, -0.15) is 0 Å². The van der Waals surface area contributed by atoms with Crippen LogP contribution in [0.2, 0.25) is 0 Å². The summed E-state index contributed by atoms with van der Waals surface area (Å²) in [6.07, 6.45) is 0. The first-order valence-corrected chi connectivity index (χ1v) is 21.6. The van der Waals surface area contributed by atoms with E-state index in [4.69, 9.17) is 0 Å². The molecule has 0 fully saturated rings. The van der Waals surface area contributed by atoms with E-state index >= 15 is 0 Å². The van der Waals surface area contributed by atoms with Gasteiger partial charge in [-0.1, -0.05) is 202 Å². The van der Waals surface area contributed by atoms with Crippen LogP contribution in [-0.2, 0) is 5.41 Å². The zero-order valence-corrected chi connectivity index (χ0v) is 35.0. The molecule has 0 aromatic heterocycles. The molecule has 11 rings (SSSR count). The normalized spacial score (nSPS) is 12.5. The van der Waals surface area contributed by atoms with Crippen molar-refractivity contribution >= 4 is 27.8 Å². The molecule has 1 nitrogen and oxygen atoms in total. The molecule has 1 heteroatoms. The quantitative estimate of drug-likeness (QED) is 0.148. The fraction of sp³-hybridized carbons (Fsp3) is 0.0492. The Balaban J connectivity index is 0.986. The topological polar surface area (TPSA) is 3.24 Å². The molecule has 1 aliphatic carbocycles. The molecule has 0 atom stereocenters. The Hall–Kier alpha value is -7.74. The van der Waals surface area contributed by atoms with Gasteiger partial charge < -0.3 is 4.90 Å². The Morgan fingerprint density at radius 2 is 0.758 bits per heavy atom. The van der Waals surface area contributed by atoms with Crippen LogP contribution in [0.15, 0.2) is 237 Å². The van der Waals surface area contributed by atoms with Crippen LogP contribution in [0.5, 0.6) is 0 Å². The van der Waals surface area contributed by atoms with Gasteiger partial charge in [0, 0.05) is 22.5 Å². The van der Waals surface area contributed by atoms with Crippen molar-refractivity contribution < 1.29 is 0 Å².